The minimum absolute atomic E-state index is 0.553. The van der Waals surface area contributed by atoms with Crippen molar-refractivity contribution in [3.8, 4) is 0 Å². The number of methoxy groups -OCH3 is 1. The molecule has 0 saturated heterocycles. The molecule has 0 atom stereocenters. The highest BCUT2D eigenvalue weighted by atomic mass is 16.5. The third-order valence-electron chi connectivity index (χ3n) is 2.50. The Labute approximate surface area is 115 Å². The molecular weight excluding hydrogens is 244 g/mol. The Bertz CT molecular complexity index is 334. The number of ether oxygens (including phenoxy) is 3. The summed E-state index contributed by atoms with van der Waals surface area (Å²) in [6, 6.07) is 3.94. The molecule has 0 unspecified atom stereocenters. The van der Waals surface area contributed by atoms with Gasteiger partial charge in [0.2, 0.25) is 0 Å². The van der Waals surface area contributed by atoms with Crippen LogP contribution >= 0.6 is 0 Å². The molecule has 0 radical (unpaired) electrons. The van der Waals surface area contributed by atoms with Crippen LogP contribution in [0.4, 0.5) is 5.82 Å². The zero-order valence-corrected chi connectivity index (χ0v) is 11.9. The number of hydrogen-bond donors (Lipinski definition) is 1. The van der Waals surface area contributed by atoms with Crippen LogP contribution in [0.1, 0.15) is 18.9 Å². The van der Waals surface area contributed by atoms with Crippen LogP contribution in [0.3, 0.4) is 0 Å². The highest BCUT2D eigenvalue weighted by Crippen LogP contribution is 2.12. The van der Waals surface area contributed by atoms with Gasteiger partial charge < -0.3 is 19.5 Å². The molecular formula is C14H24N2O3. The van der Waals surface area contributed by atoms with E-state index in [1.807, 2.05) is 19.1 Å². The van der Waals surface area contributed by atoms with Crippen molar-refractivity contribution in [2.45, 2.75) is 20.0 Å². The number of nitrogens with zero attached hydrogens (tertiary/aromatic N) is 1. The van der Waals surface area contributed by atoms with Gasteiger partial charge in [-0.2, -0.15) is 0 Å². The average molecular weight is 268 g/mol. The van der Waals surface area contributed by atoms with Gasteiger partial charge in [0.1, 0.15) is 5.82 Å². The fraction of sp³-hybridized carbons (Fsp3) is 0.643. The minimum atomic E-state index is 0.553. The Balaban J connectivity index is 2.12. The molecule has 1 aromatic rings. The molecule has 0 aliphatic rings. The SMILES string of the molecule is CCNc1ncccc1COCCOCCCOC. The quantitative estimate of drug-likeness (QED) is 0.623. The van der Waals surface area contributed by atoms with Gasteiger partial charge in [-0.05, 0) is 19.4 Å². The summed E-state index contributed by atoms with van der Waals surface area (Å²) in [7, 11) is 1.69. The minimum Gasteiger partial charge on any atom is -0.385 e. The Morgan fingerprint density at radius 1 is 1.16 bits per heavy atom. The molecule has 108 valence electrons. The van der Waals surface area contributed by atoms with Crippen LogP contribution in [0.2, 0.25) is 0 Å². The lowest BCUT2D eigenvalue weighted by molar-refractivity contribution is 0.0337. The number of pyridine rings is 1. The van der Waals surface area contributed by atoms with E-state index < -0.39 is 0 Å². The van der Waals surface area contributed by atoms with Crippen molar-refractivity contribution >= 4 is 5.82 Å². The summed E-state index contributed by atoms with van der Waals surface area (Å²) in [5.74, 6) is 0.894. The number of hydrogen-bond acceptors (Lipinski definition) is 5. The zero-order valence-electron chi connectivity index (χ0n) is 11.9. The first-order valence-electron chi connectivity index (χ1n) is 6.70. The summed E-state index contributed by atoms with van der Waals surface area (Å²) in [4.78, 5) is 4.28. The Kier molecular flexibility index (Phi) is 8.97. The lowest BCUT2D eigenvalue weighted by Gasteiger charge is -2.10. The summed E-state index contributed by atoms with van der Waals surface area (Å²) in [5, 5.41) is 3.22. The van der Waals surface area contributed by atoms with Crippen molar-refractivity contribution < 1.29 is 14.2 Å². The van der Waals surface area contributed by atoms with E-state index in [1.54, 1.807) is 13.3 Å². The van der Waals surface area contributed by atoms with Crippen LogP contribution < -0.4 is 5.32 Å². The molecule has 1 N–H and O–H groups in total. The maximum atomic E-state index is 5.58. The third-order valence-corrected chi connectivity index (χ3v) is 2.50. The number of aromatic nitrogens is 1. The van der Waals surface area contributed by atoms with Crippen molar-refractivity contribution in [3.05, 3.63) is 23.9 Å². The molecule has 1 aromatic heterocycles. The predicted molar refractivity (Wildman–Crippen MR) is 75.4 cm³/mol. The summed E-state index contributed by atoms with van der Waals surface area (Å²) in [5.41, 5.74) is 1.07. The maximum Gasteiger partial charge on any atom is 0.131 e. The van der Waals surface area contributed by atoms with E-state index in [1.165, 1.54) is 0 Å². The van der Waals surface area contributed by atoms with E-state index in [0.29, 0.717) is 26.4 Å². The summed E-state index contributed by atoms with van der Waals surface area (Å²) >= 11 is 0. The number of nitrogens with one attached hydrogen (secondary N) is 1. The van der Waals surface area contributed by atoms with Crippen molar-refractivity contribution in [2.24, 2.45) is 0 Å². The van der Waals surface area contributed by atoms with Crippen LogP contribution in [0.5, 0.6) is 0 Å². The molecule has 0 spiro atoms. The van der Waals surface area contributed by atoms with Gasteiger partial charge in [-0.3, -0.25) is 0 Å². The van der Waals surface area contributed by atoms with E-state index in [9.17, 15) is 0 Å². The van der Waals surface area contributed by atoms with Gasteiger partial charge in [-0.15, -0.1) is 0 Å². The molecule has 1 rings (SSSR count). The van der Waals surface area contributed by atoms with Gasteiger partial charge in [0.15, 0.2) is 0 Å². The van der Waals surface area contributed by atoms with Gasteiger partial charge in [-0.1, -0.05) is 6.07 Å². The first kappa shape index (κ1) is 15.9. The third kappa shape index (κ3) is 7.10. The summed E-state index contributed by atoms with van der Waals surface area (Å²) < 4.78 is 15.9. The van der Waals surface area contributed by atoms with Crippen molar-refractivity contribution in [2.75, 3.05) is 45.4 Å². The number of rotatable bonds is 11. The van der Waals surface area contributed by atoms with Crippen LogP contribution in [0.25, 0.3) is 0 Å². The van der Waals surface area contributed by atoms with Gasteiger partial charge >= 0.3 is 0 Å². The van der Waals surface area contributed by atoms with Gasteiger partial charge in [0, 0.05) is 38.6 Å². The Morgan fingerprint density at radius 3 is 2.79 bits per heavy atom. The molecule has 19 heavy (non-hydrogen) atoms. The maximum absolute atomic E-state index is 5.58. The van der Waals surface area contributed by atoms with Crippen molar-refractivity contribution in [3.63, 3.8) is 0 Å². The molecule has 0 amide bonds. The second-order valence-corrected chi connectivity index (χ2v) is 4.05. The topological polar surface area (TPSA) is 52.6 Å². The molecule has 1 heterocycles. The summed E-state index contributed by atoms with van der Waals surface area (Å²) in [6.45, 7) is 6.11. The van der Waals surface area contributed by atoms with E-state index in [2.05, 4.69) is 10.3 Å². The predicted octanol–water partition coefficient (Wildman–Crippen LogP) is 2.08. The lowest BCUT2D eigenvalue weighted by Crippen LogP contribution is -2.08. The highest BCUT2D eigenvalue weighted by Gasteiger charge is 2.01. The lowest BCUT2D eigenvalue weighted by atomic mass is 10.2. The molecule has 0 bridgehead atoms. The number of anilines is 1. The Morgan fingerprint density at radius 2 is 2.00 bits per heavy atom. The monoisotopic (exact) mass is 268 g/mol. The van der Waals surface area contributed by atoms with Gasteiger partial charge in [0.25, 0.3) is 0 Å². The second-order valence-electron chi connectivity index (χ2n) is 4.05. The zero-order chi connectivity index (χ0) is 13.8. The highest BCUT2D eigenvalue weighted by molar-refractivity contribution is 5.42. The Hall–Kier alpha value is -1.17. The van der Waals surface area contributed by atoms with Crippen LogP contribution in [-0.2, 0) is 20.8 Å². The average Bonchev–Trinajstić information content (AvgIpc) is 2.44. The first-order valence-corrected chi connectivity index (χ1v) is 6.70. The van der Waals surface area contributed by atoms with Crippen molar-refractivity contribution in [1.82, 2.24) is 4.98 Å². The van der Waals surface area contributed by atoms with Gasteiger partial charge in [-0.25, -0.2) is 4.98 Å². The second kappa shape index (κ2) is 10.7. The smallest absolute Gasteiger partial charge is 0.131 e. The molecule has 0 fully saturated rings. The van der Waals surface area contributed by atoms with E-state index >= 15 is 0 Å². The standard InChI is InChI=1S/C14H24N2O3/c1-3-15-14-13(6-4-7-16-14)12-19-11-10-18-9-5-8-17-2/h4,6-7H,3,5,8-12H2,1-2H3,(H,15,16). The summed E-state index contributed by atoms with van der Waals surface area (Å²) in [6.07, 6.45) is 2.70. The molecule has 0 aliphatic carbocycles. The molecule has 0 saturated carbocycles. The van der Waals surface area contributed by atoms with Crippen LogP contribution in [-0.4, -0.2) is 45.1 Å². The van der Waals surface area contributed by atoms with E-state index in [4.69, 9.17) is 14.2 Å². The van der Waals surface area contributed by atoms with Crippen LogP contribution in [0.15, 0.2) is 18.3 Å². The first-order chi connectivity index (χ1) is 9.38. The molecule has 5 heteroatoms. The van der Waals surface area contributed by atoms with Crippen molar-refractivity contribution in [1.29, 1.82) is 0 Å². The van der Waals surface area contributed by atoms with Crippen LogP contribution in [0, 0.1) is 0 Å². The molecule has 0 aromatic carbocycles. The molecule has 0 aliphatic heterocycles. The fourth-order valence-corrected chi connectivity index (χ4v) is 1.59. The largest absolute Gasteiger partial charge is 0.385 e. The fourth-order valence-electron chi connectivity index (χ4n) is 1.59. The van der Waals surface area contributed by atoms with E-state index in [0.717, 1.165) is 31.0 Å². The van der Waals surface area contributed by atoms with E-state index in [-0.39, 0.29) is 0 Å². The van der Waals surface area contributed by atoms with Gasteiger partial charge in [0.05, 0.1) is 19.8 Å². The normalized spacial score (nSPS) is 10.6. The molecule has 5 nitrogen and oxygen atoms in total.